The largest absolute Gasteiger partial charge is 0.348 e. The third-order valence-electron chi connectivity index (χ3n) is 3.69. The Balaban J connectivity index is 2.13. The van der Waals surface area contributed by atoms with Crippen molar-refractivity contribution in [3.63, 3.8) is 0 Å². The van der Waals surface area contributed by atoms with Crippen molar-refractivity contribution in [1.29, 1.82) is 0 Å². The first kappa shape index (κ1) is 13.9. The molecule has 0 radical (unpaired) electrons. The van der Waals surface area contributed by atoms with E-state index in [2.05, 4.69) is 5.32 Å². The summed E-state index contributed by atoms with van der Waals surface area (Å²) in [7, 11) is 0. The van der Waals surface area contributed by atoms with Crippen molar-refractivity contribution >= 4 is 5.91 Å². The van der Waals surface area contributed by atoms with E-state index >= 15 is 0 Å². The van der Waals surface area contributed by atoms with Gasteiger partial charge in [-0.2, -0.15) is 0 Å². The van der Waals surface area contributed by atoms with E-state index in [0.717, 1.165) is 12.8 Å². The molecular weight excluding hydrogens is 250 g/mol. The van der Waals surface area contributed by atoms with Gasteiger partial charge in [0.25, 0.3) is 0 Å². The molecule has 1 aromatic carbocycles. The number of rotatable bonds is 4. The highest BCUT2D eigenvalue weighted by molar-refractivity contribution is 5.86. The second kappa shape index (κ2) is 4.89. The monoisotopic (exact) mass is 268 g/mol. The molecule has 1 aliphatic rings. The summed E-state index contributed by atoms with van der Waals surface area (Å²) in [5.41, 5.74) is 4.86. The summed E-state index contributed by atoms with van der Waals surface area (Å²) in [4.78, 5) is 12.1. The van der Waals surface area contributed by atoms with Crippen LogP contribution in [0.1, 0.15) is 38.3 Å². The van der Waals surface area contributed by atoms with Crippen molar-refractivity contribution in [1.82, 2.24) is 5.32 Å². The predicted octanol–water partition coefficient (Wildman–Crippen LogP) is 2.27. The molecule has 0 saturated heterocycles. The normalized spacial score (nSPS) is 19.6. The van der Waals surface area contributed by atoms with Crippen LogP contribution in [0.5, 0.6) is 0 Å². The van der Waals surface area contributed by atoms with Gasteiger partial charge in [-0.05, 0) is 44.7 Å². The fraction of sp³-hybridized carbons (Fsp3) is 0.500. The topological polar surface area (TPSA) is 55.1 Å². The van der Waals surface area contributed by atoms with Crippen LogP contribution in [-0.4, -0.2) is 11.4 Å². The van der Waals surface area contributed by atoms with Gasteiger partial charge in [0.1, 0.15) is 11.6 Å². The van der Waals surface area contributed by atoms with Crippen LogP contribution in [-0.2, 0) is 4.79 Å². The number of nitrogens with one attached hydrogen (secondary N) is 1. The SMILES string of the molecule is CC(NC(=O)C(C)(N)C1CC1)c1c(F)cccc1F. The minimum atomic E-state index is -0.976. The van der Waals surface area contributed by atoms with Crippen LogP contribution in [0, 0.1) is 17.6 Å². The molecular formula is C14H18F2N2O. The maximum Gasteiger partial charge on any atom is 0.240 e. The molecule has 2 rings (SSSR count). The Labute approximate surface area is 111 Å². The number of amides is 1. The van der Waals surface area contributed by atoms with E-state index in [4.69, 9.17) is 5.73 Å². The van der Waals surface area contributed by atoms with Crippen LogP contribution in [0.3, 0.4) is 0 Å². The maximum absolute atomic E-state index is 13.6. The zero-order chi connectivity index (χ0) is 14.2. The van der Waals surface area contributed by atoms with Crippen molar-refractivity contribution in [2.75, 3.05) is 0 Å². The highest BCUT2D eigenvalue weighted by Gasteiger charge is 2.44. The molecule has 2 unspecified atom stereocenters. The number of hydrogen-bond acceptors (Lipinski definition) is 2. The predicted molar refractivity (Wildman–Crippen MR) is 68.2 cm³/mol. The summed E-state index contributed by atoms with van der Waals surface area (Å²) in [6.45, 7) is 3.20. The second-order valence-electron chi connectivity index (χ2n) is 5.39. The van der Waals surface area contributed by atoms with E-state index in [-0.39, 0.29) is 17.4 Å². The fourth-order valence-electron chi connectivity index (χ4n) is 2.22. The Morgan fingerprint density at radius 3 is 2.42 bits per heavy atom. The van der Waals surface area contributed by atoms with Gasteiger partial charge in [0.05, 0.1) is 11.6 Å². The smallest absolute Gasteiger partial charge is 0.240 e. The van der Waals surface area contributed by atoms with Crippen LogP contribution in [0.15, 0.2) is 18.2 Å². The van der Waals surface area contributed by atoms with Crippen LogP contribution >= 0.6 is 0 Å². The van der Waals surface area contributed by atoms with Crippen molar-refractivity contribution in [2.24, 2.45) is 11.7 Å². The molecule has 104 valence electrons. The molecule has 2 atom stereocenters. The molecule has 3 nitrogen and oxygen atoms in total. The molecule has 0 aromatic heterocycles. The van der Waals surface area contributed by atoms with E-state index < -0.39 is 23.2 Å². The van der Waals surface area contributed by atoms with Gasteiger partial charge in [0.2, 0.25) is 5.91 Å². The maximum atomic E-state index is 13.6. The molecule has 0 spiro atoms. The molecule has 0 aliphatic heterocycles. The van der Waals surface area contributed by atoms with Gasteiger partial charge in [-0.15, -0.1) is 0 Å². The van der Waals surface area contributed by atoms with Gasteiger partial charge < -0.3 is 11.1 Å². The lowest BCUT2D eigenvalue weighted by atomic mass is 9.95. The Kier molecular flexibility index (Phi) is 3.58. The first-order valence-electron chi connectivity index (χ1n) is 6.37. The van der Waals surface area contributed by atoms with Gasteiger partial charge >= 0.3 is 0 Å². The van der Waals surface area contributed by atoms with E-state index in [0.29, 0.717) is 0 Å². The molecule has 19 heavy (non-hydrogen) atoms. The third kappa shape index (κ3) is 2.76. The van der Waals surface area contributed by atoms with Gasteiger partial charge in [-0.25, -0.2) is 8.78 Å². The fourth-order valence-corrected chi connectivity index (χ4v) is 2.22. The Hall–Kier alpha value is -1.49. The zero-order valence-corrected chi connectivity index (χ0v) is 11.0. The third-order valence-corrected chi connectivity index (χ3v) is 3.69. The highest BCUT2D eigenvalue weighted by atomic mass is 19.1. The molecule has 5 heteroatoms. The summed E-state index contributed by atoms with van der Waals surface area (Å²) in [5, 5.41) is 2.60. The van der Waals surface area contributed by atoms with E-state index in [1.807, 2.05) is 0 Å². The van der Waals surface area contributed by atoms with E-state index in [9.17, 15) is 13.6 Å². The Bertz CT molecular complexity index is 478. The first-order chi connectivity index (χ1) is 8.84. The van der Waals surface area contributed by atoms with Crippen LogP contribution in [0.25, 0.3) is 0 Å². The van der Waals surface area contributed by atoms with Crippen molar-refractivity contribution in [3.8, 4) is 0 Å². The summed E-state index contributed by atoms with van der Waals surface area (Å²) in [6.07, 6.45) is 1.84. The lowest BCUT2D eigenvalue weighted by Crippen LogP contribution is -2.53. The molecule has 1 aliphatic carbocycles. The van der Waals surface area contributed by atoms with Gasteiger partial charge in [-0.1, -0.05) is 6.07 Å². The van der Waals surface area contributed by atoms with Crippen molar-refractivity contribution in [3.05, 3.63) is 35.4 Å². The van der Waals surface area contributed by atoms with Crippen LogP contribution in [0.4, 0.5) is 8.78 Å². The van der Waals surface area contributed by atoms with Crippen molar-refractivity contribution < 1.29 is 13.6 Å². The molecule has 1 amide bonds. The van der Waals surface area contributed by atoms with Crippen LogP contribution < -0.4 is 11.1 Å². The minimum Gasteiger partial charge on any atom is -0.348 e. The number of hydrogen-bond donors (Lipinski definition) is 2. The second-order valence-corrected chi connectivity index (χ2v) is 5.39. The van der Waals surface area contributed by atoms with E-state index in [1.165, 1.54) is 18.2 Å². The van der Waals surface area contributed by atoms with Gasteiger partial charge in [-0.3, -0.25) is 4.79 Å². The molecule has 0 heterocycles. The Morgan fingerprint density at radius 2 is 1.95 bits per heavy atom. The van der Waals surface area contributed by atoms with Crippen LogP contribution in [0.2, 0.25) is 0 Å². The number of halogens is 2. The summed E-state index contributed by atoms with van der Waals surface area (Å²) < 4.78 is 27.2. The lowest BCUT2D eigenvalue weighted by Gasteiger charge is -2.26. The highest BCUT2D eigenvalue weighted by Crippen LogP contribution is 2.38. The zero-order valence-electron chi connectivity index (χ0n) is 11.0. The summed E-state index contributed by atoms with van der Waals surface area (Å²) in [5.74, 6) is -1.55. The summed E-state index contributed by atoms with van der Waals surface area (Å²) in [6, 6.07) is 2.88. The van der Waals surface area contributed by atoms with Gasteiger partial charge in [0.15, 0.2) is 0 Å². The number of nitrogens with two attached hydrogens (primary N) is 1. The standard InChI is InChI=1S/C14H18F2N2O/c1-8(12-10(15)4-3-5-11(12)16)18-13(19)14(2,17)9-6-7-9/h3-5,8-9H,6-7,17H2,1-2H3,(H,18,19). The molecule has 1 fully saturated rings. The van der Waals surface area contributed by atoms with Crippen molar-refractivity contribution in [2.45, 2.75) is 38.3 Å². The quantitative estimate of drug-likeness (QED) is 0.880. The summed E-state index contributed by atoms with van der Waals surface area (Å²) >= 11 is 0. The molecule has 0 bridgehead atoms. The molecule has 1 saturated carbocycles. The number of carbonyl (C=O) groups is 1. The minimum absolute atomic E-state index is 0.137. The first-order valence-corrected chi connectivity index (χ1v) is 6.37. The Morgan fingerprint density at radius 1 is 1.42 bits per heavy atom. The lowest BCUT2D eigenvalue weighted by molar-refractivity contribution is -0.127. The average molecular weight is 268 g/mol. The molecule has 1 aromatic rings. The molecule has 3 N–H and O–H groups in total. The van der Waals surface area contributed by atoms with E-state index in [1.54, 1.807) is 13.8 Å². The van der Waals surface area contributed by atoms with Gasteiger partial charge in [0, 0.05) is 5.56 Å². The average Bonchev–Trinajstić information content (AvgIpc) is 3.12. The number of carbonyl (C=O) groups excluding carboxylic acids is 1. The number of benzene rings is 1.